The monoisotopic (exact) mass is 182 g/mol. The fourth-order valence-electron chi connectivity index (χ4n) is 2.19. The van der Waals surface area contributed by atoms with E-state index in [2.05, 4.69) is 6.92 Å². The highest BCUT2D eigenvalue weighted by Gasteiger charge is 2.24. The highest BCUT2D eigenvalue weighted by atomic mass is 16.1. The Balaban J connectivity index is 2.38. The zero-order valence-corrected chi connectivity index (χ0v) is 9.18. The third kappa shape index (κ3) is 3.13. The van der Waals surface area contributed by atoms with E-state index in [1.807, 2.05) is 13.8 Å². The van der Waals surface area contributed by atoms with E-state index >= 15 is 0 Å². The molecule has 0 radical (unpaired) electrons. The van der Waals surface area contributed by atoms with E-state index in [0.29, 0.717) is 11.7 Å². The predicted molar refractivity (Wildman–Crippen MR) is 55.6 cm³/mol. The fourth-order valence-corrected chi connectivity index (χ4v) is 2.19. The summed E-state index contributed by atoms with van der Waals surface area (Å²) in [7, 11) is 0. The summed E-state index contributed by atoms with van der Waals surface area (Å²) < 4.78 is 0. The van der Waals surface area contributed by atoms with Crippen molar-refractivity contribution in [3.63, 3.8) is 0 Å². The maximum Gasteiger partial charge on any atom is 0.135 e. The molecule has 76 valence electrons. The summed E-state index contributed by atoms with van der Waals surface area (Å²) in [4.78, 5) is 11.6. The normalized spacial score (nSPS) is 29.2. The van der Waals surface area contributed by atoms with Crippen molar-refractivity contribution in [1.29, 1.82) is 0 Å². The molecule has 2 unspecified atom stereocenters. The van der Waals surface area contributed by atoms with E-state index in [9.17, 15) is 4.79 Å². The van der Waals surface area contributed by atoms with Crippen molar-refractivity contribution in [1.82, 2.24) is 0 Å². The topological polar surface area (TPSA) is 17.1 Å². The van der Waals surface area contributed by atoms with Crippen LogP contribution in [0.25, 0.3) is 0 Å². The van der Waals surface area contributed by atoms with Crippen molar-refractivity contribution in [2.24, 2.45) is 17.8 Å². The molecule has 0 aromatic heterocycles. The van der Waals surface area contributed by atoms with Gasteiger partial charge in [0.25, 0.3) is 0 Å². The van der Waals surface area contributed by atoms with Gasteiger partial charge in [0.15, 0.2) is 0 Å². The van der Waals surface area contributed by atoms with Gasteiger partial charge in [-0.3, -0.25) is 4.79 Å². The molecule has 0 spiro atoms. The lowest BCUT2D eigenvalue weighted by molar-refractivity contribution is -0.123. The Kier molecular flexibility index (Phi) is 3.95. The average Bonchev–Trinajstić information content (AvgIpc) is 2.08. The van der Waals surface area contributed by atoms with Crippen LogP contribution < -0.4 is 0 Å². The molecule has 1 saturated carbocycles. The van der Waals surface area contributed by atoms with Crippen LogP contribution in [-0.4, -0.2) is 5.78 Å². The summed E-state index contributed by atoms with van der Waals surface area (Å²) in [6.07, 6.45) is 6.14. The molecule has 0 heterocycles. The zero-order chi connectivity index (χ0) is 9.84. The Morgan fingerprint density at radius 1 is 1.31 bits per heavy atom. The lowest BCUT2D eigenvalue weighted by Gasteiger charge is -2.28. The molecule has 0 bridgehead atoms. The number of rotatable bonds is 3. The van der Waals surface area contributed by atoms with Crippen LogP contribution in [0.15, 0.2) is 0 Å². The summed E-state index contributed by atoms with van der Waals surface area (Å²) in [5, 5.41) is 0. The lowest BCUT2D eigenvalue weighted by Crippen LogP contribution is -2.22. The second kappa shape index (κ2) is 4.78. The average molecular weight is 182 g/mol. The first-order valence-corrected chi connectivity index (χ1v) is 5.64. The van der Waals surface area contributed by atoms with Crippen molar-refractivity contribution in [3.05, 3.63) is 0 Å². The van der Waals surface area contributed by atoms with Gasteiger partial charge in [-0.25, -0.2) is 0 Å². The highest BCUT2D eigenvalue weighted by Crippen LogP contribution is 2.32. The standard InChI is InChI=1S/C12H22O/c1-9(2)12(13)8-11-7-5-4-6-10(11)3/h9-11H,4-8H2,1-3H3. The molecule has 1 aliphatic rings. The Hall–Kier alpha value is -0.330. The molecule has 0 N–H and O–H groups in total. The minimum atomic E-state index is 0.231. The Bertz CT molecular complexity index is 172. The van der Waals surface area contributed by atoms with Gasteiger partial charge in [-0.05, 0) is 18.3 Å². The molecule has 13 heavy (non-hydrogen) atoms. The molecule has 1 fully saturated rings. The van der Waals surface area contributed by atoms with Crippen molar-refractivity contribution < 1.29 is 4.79 Å². The van der Waals surface area contributed by atoms with Crippen molar-refractivity contribution in [2.75, 3.05) is 0 Å². The van der Waals surface area contributed by atoms with Gasteiger partial charge >= 0.3 is 0 Å². The largest absolute Gasteiger partial charge is 0.299 e. The van der Waals surface area contributed by atoms with Crippen LogP contribution in [0, 0.1) is 17.8 Å². The molecular weight excluding hydrogens is 160 g/mol. The lowest BCUT2D eigenvalue weighted by atomic mass is 9.77. The van der Waals surface area contributed by atoms with Crippen molar-refractivity contribution in [2.45, 2.75) is 52.9 Å². The van der Waals surface area contributed by atoms with Gasteiger partial charge < -0.3 is 0 Å². The molecule has 0 aliphatic heterocycles. The van der Waals surface area contributed by atoms with Gasteiger partial charge in [-0.15, -0.1) is 0 Å². The van der Waals surface area contributed by atoms with Gasteiger partial charge in [-0.1, -0.05) is 40.0 Å². The molecule has 0 amide bonds. The molecule has 0 aromatic carbocycles. The Morgan fingerprint density at radius 3 is 2.46 bits per heavy atom. The van der Waals surface area contributed by atoms with E-state index < -0.39 is 0 Å². The number of ketones is 1. The van der Waals surface area contributed by atoms with Gasteiger partial charge in [0, 0.05) is 12.3 Å². The zero-order valence-electron chi connectivity index (χ0n) is 9.18. The molecule has 2 atom stereocenters. The van der Waals surface area contributed by atoms with Crippen LogP contribution in [0.5, 0.6) is 0 Å². The second-order valence-electron chi connectivity index (χ2n) is 4.85. The smallest absolute Gasteiger partial charge is 0.135 e. The molecule has 0 saturated heterocycles. The van der Waals surface area contributed by atoms with Crippen LogP contribution in [0.3, 0.4) is 0 Å². The number of Topliss-reactive ketones (excluding diaryl/α,β-unsaturated/α-hetero) is 1. The molecule has 1 aliphatic carbocycles. The highest BCUT2D eigenvalue weighted by molar-refractivity contribution is 5.80. The van der Waals surface area contributed by atoms with Gasteiger partial charge in [0.2, 0.25) is 0 Å². The molecule has 1 nitrogen and oxygen atoms in total. The maximum atomic E-state index is 11.6. The van der Waals surface area contributed by atoms with Crippen LogP contribution >= 0.6 is 0 Å². The van der Waals surface area contributed by atoms with Crippen LogP contribution in [0.4, 0.5) is 0 Å². The summed E-state index contributed by atoms with van der Waals surface area (Å²) >= 11 is 0. The van der Waals surface area contributed by atoms with E-state index in [1.165, 1.54) is 25.7 Å². The number of hydrogen-bond acceptors (Lipinski definition) is 1. The Morgan fingerprint density at radius 2 is 1.92 bits per heavy atom. The number of hydrogen-bond donors (Lipinski definition) is 0. The quantitative estimate of drug-likeness (QED) is 0.653. The van der Waals surface area contributed by atoms with E-state index in [1.54, 1.807) is 0 Å². The van der Waals surface area contributed by atoms with Crippen LogP contribution in [0.1, 0.15) is 52.9 Å². The van der Waals surface area contributed by atoms with E-state index in [0.717, 1.165) is 12.3 Å². The summed E-state index contributed by atoms with van der Waals surface area (Å²) in [6, 6.07) is 0. The molecular formula is C12H22O. The summed E-state index contributed by atoms with van der Waals surface area (Å²) in [5.41, 5.74) is 0. The number of carbonyl (C=O) groups excluding carboxylic acids is 1. The molecule has 0 aromatic rings. The first-order valence-electron chi connectivity index (χ1n) is 5.64. The van der Waals surface area contributed by atoms with Crippen LogP contribution in [0.2, 0.25) is 0 Å². The minimum Gasteiger partial charge on any atom is -0.299 e. The first-order chi connectivity index (χ1) is 6.11. The van der Waals surface area contributed by atoms with Crippen molar-refractivity contribution >= 4 is 5.78 Å². The minimum absolute atomic E-state index is 0.231. The van der Waals surface area contributed by atoms with E-state index in [-0.39, 0.29) is 5.92 Å². The van der Waals surface area contributed by atoms with Gasteiger partial charge in [0.05, 0.1) is 0 Å². The maximum absolute atomic E-state index is 11.6. The Labute approximate surface area is 81.9 Å². The van der Waals surface area contributed by atoms with E-state index in [4.69, 9.17) is 0 Å². The third-order valence-corrected chi connectivity index (χ3v) is 3.40. The van der Waals surface area contributed by atoms with Gasteiger partial charge in [-0.2, -0.15) is 0 Å². The fraction of sp³-hybridized carbons (Fsp3) is 0.917. The second-order valence-corrected chi connectivity index (χ2v) is 4.85. The molecule has 1 heteroatoms. The molecule has 1 rings (SSSR count). The predicted octanol–water partition coefficient (Wildman–Crippen LogP) is 3.43. The first kappa shape index (κ1) is 10.7. The van der Waals surface area contributed by atoms with Crippen molar-refractivity contribution in [3.8, 4) is 0 Å². The number of carbonyl (C=O) groups is 1. The SMILES string of the molecule is CC(C)C(=O)CC1CCCCC1C. The summed E-state index contributed by atoms with van der Waals surface area (Å²) in [5.74, 6) is 2.15. The van der Waals surface area contributed by atoms with Gasteiger partial charge in [0.1, 0.15) is 5.78 Å². The summed E-state index contributed by atoms with van der Waals surface area (Å²) in [6.45, 7) is 6.32. The van der Waals surface area contributed by atoms with Crippen LogP contribution in [-0.2, 0) is 4.79 Å². The third-order valence-electron chi connectivity index (χ3n) is 3.40.